The lowest BCUT2D eigenvalue weighted by Crippen LogP contribution is -2.14. The summed E-state index contributed by atoms with van der Waals surface area (Å²) in [6.07, 6.45) is 5.29. The second-order valence-electron chi connectivity index (χ2n) is 7.44. The van der Waals surface area contributed by atoms with E-state index in [0.29, 0.717) is 28.6 Å². The van der Waals surface area contributed by atoms with Crippen LogP contribution in [0.2, 0.25) is 5.02 Å². The monoisotopic (exact) mass is 442 g/mol. The van der Waals surface area contributed by atoms with Crippen molar-refractivity contribution in [3.63, 3.8) is 0 Å². The number of amides is 1. The smallest absolute Gasteiger partial charge is 0.257 e. The quantitative estimate of drug-likeness (QED) is 0.424. The average molecular weight is 443 g/mol. The van der Waals surface area contributed by atoms with E-state index in [1.165, 1.54) is 0 Å². The van der Waals surface area contributed by atoms with Crippen LogP contribution in [-0.4, -0.2) is 30.5 Å². The highest BCUT2D eigenvalue weighted by Gasteiger charge is 2.17. The number of nitrogens with one attached hydrogen (secondary N) is 1. The third-order valence-corrected chi connectivity index (χ3v) is 5.37. The highest BCUT2D eigenvalue weighted by molar-refractivity contribution is 6.33. The molecule has 1 N–H and O–H groups in total. The van der Waals surface area contributed by atoms with E-state index in [1.54, 1.807) is 27.8 Å². The van der Waals surface area contributed by atoms with E-state index in [1.807, 2.05) is 67.8 Å². The lowest BCUT2D eigenvalue weighted by atomic mass is 10.0. The number of carbonyl (C=O) groups is 1. The van der Waals surface area contributed by atoms with Crippen molar-refractivity contribution in [2.45, 2.75) is 6.54 Å². The highest BCUT2D eigenvalue weighted by Crippen LogP contribution is 2.26. The van der Waals surface area contributed by atoms with E-state index < -0.39 is 0 Å². The maximum absolute atomic E-state index is 13.3. The molecule has 0 unspecified atom stereocenters. The lowest BCUT2D eigenvalue weighted by molar-refractivity contribution is 0.102. The number of hydrogen-bond donors (Lipinski definition) is 1. The van der Waals surface area contributed by atoms with Crippen LogP contribution >= 0.6 is 11.6 Å². The summed E-state index contributed by atoms with van der Waals surface area (Å²) in [6.45, 7) is 0.555. The van der Waals surface area contributed by atoms with Crippen LogP contribution in [0, 0.1) is 0 Å². The fourth-order valence-electron chi connectivity index (χ4n) is 3.57. The van der Waals surface area contributed by atoms with Gasteiger partial charge in [0.05, 0.1) is 29.5 Å². The number of aryl methyl sites for hydroxylation is 1. The zero-order valence-electron chi connectivity index (χ0n) is 17.2. The molecule has 8 heteroatoms. The first-order valence-electron chi connectivity index (χ1n) is 10.0. The molecule has 32 heavy (non-hydrogen) atoms. The average Bonchev–Trinajstić information content (AvgIpc) is 3.38. The van der Waals surface area contributed by atoms with E-state index in [2.05, 4.69) is 15.5 Å². The minimum atomic E-state index is -0.305. The summed E-state index contributed by atoms with van der Waals surface area (Å²) >= 11 is 6.37. The largest absolute Gasteiger partial charge is 0.304 e. The van der Waals surface area contributed by atoms with Gasteiger partial charge in [0.1, 0.15) is 5.02 Å². The highest BCUT2D eigenvalue weighted by atomic mass is 35.5. The third-order valence-electron chi connectivity index (χ3n) is 5.10. The van der Waals surface area contributed by atoms with Crippen LogP contribution in [0.1, 0.15) is 15.9 Å². The van der Waals surface area contributed by atoms with Gasteiger partial charge in [-0.3, -0.25) is 14.2 Å². The van der Waals surface area contributed by atoms with Gasteiger partial charge in [-0.15, -0.1) is 0 Å². The van der Waals surface area contributed by atoms with Crippen molar-refractivity contribution in [2.24, 2.45) is 7.05 Å². The Morgan fingerprint density at radius 2 is 1.84 bits per heavy atom. The molecule has 3 heterocycles. The summed E-state index contributed by atoms with van der Waals surface area (Å²) < 4.78 is 3.41. The molecule has 0 radical (unpaired) electrons. The van der Waals surface area contributed by atoms with Crippen LogP contribution in [0.3, 0.4) is 0 Å². The molecule has 1 amide bonds. The molecule has 158 valence electrons. The maximum atomic E-state index is 13.3. The maximum Gasteiger partial charge on any atom is 0.257 e. The fraction of sp³-hybridized carbons (Fsp3) is 0.0833. The molecular weight excluding hydrogens is 424 g/mol. The topological polar surface area (TPSA) is 77.6 Å². The Balaban J connectivity index is 1.47. The first kappa shape index (κ1) is 20.0. The number of anilines is 1. The number of benzene rings is 2. The van der Waals surface area contributed by atoms with Gasteiger partial charge in [0.2, 0.25) is 0 Å². The Hall–Kier alpha value is -3.97. The fourth-order valence-corrected chi connectivity index (χ4v) is 3.77. The minimum absolute atomic E-state index is 0.305. The van der Waals surface area contributed by atoms with Crippen molar-refractivity contribution in [3.05, 3.63) is 95.4 Å². The second-order valence-corrected chi connectivity index (χ2v) is 7.85. The Morgan fingerprint density at radius 1 is 1.06 bits per heavy atom. The predicted octanol–water partition coefficient (Wildman–Crippen LogP) is 4.79. The number of para-hydroxylation sites is 1. The van der Waals surface area contributed by atoms with E-state index in [-0.39, 0.29) is 5.91 Å². The SMILES string of the molecule is Cn1cc(-c2cc(C(=O)Nc3nn(Cc4ccccc4)cc3Cl)c3ccccc3n2)cn1. The van der Waals surface area contributed by atoms with Gasteiger partial charge >= 0.3 is 0 Å². The van der Waals surface area contributed by atoms with Crippen LogP contribution in [0.5, 0.6) is 0 Å². The van der Waals surface area contributed by atoms with Crippen molar-refractivity contribution in [2.75, 3.05) is 5.32 Å². The Morgan fingerprint density at radius 3 is 2.62 bits per heavy atom. The van der Waals surface area contributed by atoms with Crippen molar-refractivity contribution >= 4 is 34.2 Å². The molecule has 5 rings (SSSR count). The molecule has 2 aromatic carbocycles. The number of carbonyl (C=O) groups excluding carboxylic acids is 1. The van der Waals surface area contributed by atoms with Crippen LogP contribution in [0.15, 0.2) is 79.3 Å². The van der Waals surface area contributed by atoms with Gasteiger partial charge in [-0.05, 0) is 17.7 Å². The van der Waals surface area contributed by atoms with E-state index in [9.17, 15) is 4.79 Å². The third kappa shape index (κ3) is 3.98. The molecular formula is C24H19ClN6O. The summed E-state index contributed by atoms with van der Waals surface area (Å²) in [6, 6.07) is 19.2. The van der Waals surface area contributed by atoms with Crippen molar-refractivity contribution in [1.82, 2.24) is 24.5 Å². The number of pyridine rings is 1. The lowest BCUT2D eigenvalue weighted by Gasteiger charge is -2.09. The molecule has 3 aromatic heterocycles. The van der Waals surface area contributed by atoms with Gasteiger partial charge in [-0.2, -0.15) is 10.2 Å². The van der Waals surface area contributed by atoms with Crippen molar-refractivity contribution < 1.29 is 4.79 Å². The summed E-state index contributed by atoms with van der Waals surface area (Å²) in [5.74, 6) is 0.0111. The molecule has 5 aromatic rings. The van der Waals surface area contributed by atoms with E-state index >= 15 is 0 Å². The van der Waals surface area contributed by atoms with Crippen LogP contribution < -0.4 is 5.32 Å². The Labute approximate surface area is 189 Å². The number of fused-ring (bicyclic) bond motifs is 1. The molecule has 0 spiro atoms. The van der Waals surface area contributed by atoms with Crippen molar-refractivity contribution in [1.29, 1.82) is 0 Å². The number of hydrogen-bond acceptors (Lipinski definition) is 4. The van der Waals surface area contributed by atoms with Gasteiger partial charge in [0.25, 0.3) is 5.91 Å². The number of rotatable bonds is 5. The molecule has 7 nitrogen and oxygen atoms in total. The van der Waals surface area contributed by atoms with E-state index in [4.69, 9.17) is 16.6 Å². The van der Waals surface area contributed by atoms with Gasteiger partial charge in [0, 0.05) is 30.4 Å². The predicted molar refractivity (Wildman–Crippen MR) is 125 cm³/mol. The Kier molecular flexibility index (Phi) is 5.17. The molecule has 0 bridgehead atoms. The van der Waals surface area contributed by atoms with Crippen molar-refractivity contribution in [3.8, 4) is 11.3 Å². The molecule has 0 aliphatic carbocycles. The summed E-state index contributed by atoms with van der Waals surface area (Å²) in [7, 11) is 1.84. The van der Waals surface area contributed by atoms with Gasteiger partial charge < -0.3 is 5.32 Å². The molecule has 0 aliphatic rings. The number of nitrogens with zero attached hydrogens (tertiary/aromatic N) is 5. The summed E-state index contributed by atoms with van der Waals surface area (Å²) in [4.78, 5) is 18.0. The first-order chi connectivity index (χ1) is 15.6. The molecule has 0 aliphatic heterocycles. The Bertz CT molecular complexity index is 1420. The minimum Gasteiger partial charge on any atom is -0.304 e. The van der Waals surface area contributed by atoms with Gasteiger partial charge in [0.15, 0.2) is 5.82 Å². The molecule has 0 atom stereocenters. The standard InChI is InChI=1S/C24H19ClN6O/c1-30-14-17(12-26-30)22-11-19(18-9-5-6-10-21(18)27-22)24(32)28-23-20(25)15-31(29-23)13-16-7-3-2-4-8-16/h2-12,14-15H,13H2,1H3,(H,28,29,32). The zero-order valence-corrected chi connectivity index (χ0v) is 18.0. The summed E-state index contributed by atoms with van der Waals surface area (Å²) in [5, 5.41) is 12.6. The normalized spacial score (nSPS) is 11.1. The van der Waals surface area contributed by atoms with Crippen LogP contribution in [0.4, 0.5) is 5.82 Å². The van der Waals surface area contributed by atoms with Crippen LogP contribution in [-0.2, 0) is 13.6 Å². The molecule has 0 saturated heterocycles. The molecule has 0 fully saturated rings. The number of aromatic nitrogens is 5. The molecule has 0 saturated carbocycles. The second kappa shape index (κ2) is 8.28. The number of halogens is 1. The van der Waals surface area contributed by atoms with E-state index in [0.717, 1.165) is 22.0 Å². The van der Waals surface area contributed by atoms with Gasteiger partial charge in [-0.1, -0.05) is 60.1 Å². The zero-order chi connectivity index (χ0) is 22.1. The first-order valence-corrected chi connectivity index (χ1v) is 10.4. The summed E-state index contributed by atoms with van der Waals surface area (Å²) in [5.41, 5.74) is 3.80. The van der Waals surface area contributed by atoms with Crippen LogP contribution in [0.25, 0.3) is 22.2 Å². The van der Waals surface area contributed by atoms with Gasteiger partial charge in [-0.25, -0.2) is 4.98 Å².